The standard InChI is InChI=1S/C28H29ClN4O2S/c1-3-5-8-20-11-13-21(14-12-20)30-26(34)19-36-28-32-31-27(24-9-6-7-10-25(24)29)33(28)22-15-17-23(18-16-22)35-4-2/h6-7,9-18H,3-5,8,19H2,1-2H3,(H,30,34). The SMILES string of the molecule is CCCCc1ccc(NC(=O)CSc2nnc(-c3ccccc3Cl)n2-c2ccc(OCC)cc2)cc1. The van der Waals surface area contributed by atoms with Gasteiger partial charge in [0.05, 0.1) is 17.4 Å². The molecule has 3 aromatic carbocycles. The maximum Gasteiger partial charge on any atom is 0.234 e. The lowest BCUT2D eigenvalue weighted by atomic mass is 10.1. The van der Waals surface area contributed by atoms with Crippen LogP contribution in [0.15, 0.2) is 78.0 Å². The van der Waals surface area contributed by atoms with Crippen molar-refractivity contribution in [2.75, 3.05) is 17.7 Å². The number of benzene rings is 3. The van der Waals surface area contributed by atoms with E-state index in [1.807, 2.05) is 72.2 Å². The number of hydrogen-bond acceptors (Lipinski definition) is 5. The van der Waals surface area contributed by atoms with Crippen molar-refractivity contribution in [1.82, 2.24) is 14.8 Å². The van der Waals surface area contributed by atoms with Gasteiger partial charge in [-0.15, -0.1) is 10.2 Å². The first-order chi connectivity index (χ1) is 17.6. The molecule has 0 bridgehead atoms. The van der Waals surface area contributed by atoms with Gasteiger partial charge in [0.25, 0.3) is 0 Å². The number of aromatic nitrogens is 3. The molecular formula is C28H29ClN4O2S. The summed E-state index contributed by atoms with van der Waals surface area (Å²) >= 11 is 7.80. The number of anilines is 1. The Morgan fingerprint density at radius 3 is 2.44 bits per heavy atom. The zero-order valence-corrected chi connectivity index (χ0v) is 22.0. The van der Waals surface area contributed by atoms with Crippen LogP contribution in [0.5, 0.6) is 5.75 Å². The van der Waals surface area contributed by atoms with E-state index in [0.29, 0.717) is 22.6 Å². The minimum absolute atomic E-state index is 0.109. The zero-order valence-electron chi connectivity index (χ0n) is 20.4. The maximum absolute atomic E-state index is 12.7. The number of carbonyl (C=O) groups is 1. The van der Waals surface area contributed by atoms with Crippen molar-refractivity contribution >= 4 is 35.0 Å². The van der Waals surface area contributed by atoms with Crippen molar-refractivity contribution in [1.29, 1.82) is 0 Å². The van der Waals surface area contributed by atoms with E-state index >= 15 is 0 Å². The summed E-state index contributed by atoms with van der Waals surface area (Å²) in [7, 11) is 0. The number of aryl methyl sites for hydroxylation is 1. The van der Waals surface area contributed by atoms with Gasteiger partial charge in [-0.05, 0) is 73.9 Å². The molecule has 0 aliphatic rings. The Balaban J connectivity index is 1.53. The smallest absolute Gasteiger partial charge is 0.234 e. The van der Waals surface area contributed by atoms with E-state index < -0.39 is 0 Å². The van der Waals surface area contributed by atoms with Gasteiger partial charge >= 0.3 is 0 Å². The minimum atomic E-state index is -0.109. The van der Waals surface area contributed by atoms with Gasteiger partial charge in [0.2, 0.25) is 5.91 Å². The van der Waals surface area contributed by atoms with E-state index in [1.54, 1.807) is 0 Å². The lowest BCUT2D eigenvalue weighted by Crippen LogP contribution is -2.14. The molecule has 0 unspecified atom stereocenters. The van der Waals surface area contributed by atoms with Gasteiger partial charge in [0.15, 0.2) is 11.0 Å². The van der Waals surface area contributed by atoms with E-state index in [9.17, 15) is 4.79 Å². The number of amides is 1. The second-order valence-electron chi connectivity index (χ2n) is 8.19. The molecule has 36 heavy (non-hydrogen) atoms. The predicted octanol–water partition coefficient (Wildman–Crippen LogP) is 7.06. The number of nitrogens with zero attached hydrogens (tertiary/aromatic N) is 3. The second kappa shape index (κ2) is 12.6. The third-order valence-electron chi connectivity index (χ3n) is 5.54. The number of unbranched alkanes of at least 4 members (excludes halogenated alkanes) is 1. The Hall–Kier alpha value is -3.29. The minimum Gasteiger partial charge on any atom is -0.494 e. The van der Waals surface area contributed by atoms with Crippen LogP contribution in [0.2, 0.25) is 5.02 Å². The van der Waals surface area contributed by atoms with Crippen molar-refractivity contribution < 1.29 is 9.53 Å². The fourth-order valence-electron chi connectivity index (χ4n) is 3.73. The molecule has 0 fully saturated rings. The highest BCUT2D eigenvalue weighted by Gasteiger charge is 2.19. The largest absolute Gasteiger partial charge is 0.494 e. The molecule has 1 amide bonds. The van der Waals surface area contributed by atoms with Gasteiger partial charge in [-0.25, -0.2) is 0 Å². The second-order valence-corrected chi connectivity index (χ2v) is 9.54. The molecule has 0 radical (unpaired) electrons. The van der Waals surface area contributed by atoms with Crippen molar-refractivity contribution in [3.63, 3.8) is 0 Å². The number of nitrogens with one attached hydrogen (secondary N) is 1. The third-order valence-corrected chi connectivity index (χ3v) is 6.80. The normalized spacial score (nSPS) is 10.9. The highest BCUT2D eigenvalue weighted by Crippen LogP contribution is 2.32. The molecule has 1 N–H and O–H groups in total. The Morgan fingerprint density at radius 2 is 1.75 bits per heavy atom. The zero-order chi connectivity index (χ0) is 25.3. The van der Waals surface area contributed by atoms with Gasteiger partial charge in [0, 0.05) is 16.9 Å². The van der Waals surface area contributed by atoms with Crippen LogP contribution in [-0.2, 0) is 11.2 Å². The Bertz CT molecular complexity index is 1290. The van der Waals surface area contributed by atoms with Crippen LogP contribution in [0.3, 0.4) is 0 Å². The van der Waals surface area contributed by atoms with Gasteiger partial charge in [-0.2, -0.15) is 0 Å². The van der Waals surface area contributed by atoms with E-state index in [2.05, 4.69) is 34.6 Å². The average molecular weight is 521 g/mol. The first-order valence-electron chi connectivity index (χ1n) is 12.0. The van der Waals surface area contributed by atoms with Gasteiger partial charge in [-0.3, -0.25) is 9.36 Å². The molecule has 6 nitrogen and oxygen atoms in total. The van der Waals surface area contributed by atoms with Crippen molar-refractivity contribution in [2.24, 2.45) is 0 Å². The molecule has 4 aromatic rings. The Morgan fingerprint density at radius 1 is 1.00 bits per heavy atom. The topological polar surface area (TPSA) is 69.0 Å². The molecule has 0 spiro atoms. The van der Waals surface area contributed by atoms with Crippen LogP contribution in [0.4, 0.5) is 5.69 Å². The van der Waals surface area contributed by atoms with Crippen LogP contribution in [0, 0.1) is 0 Å². The average Bonchev–Trinajstić information content (AvgIpc) is 3.32. The van der Waals surface area contributed by atoms with Crippen molar-refractivity contribution in [3.8, 4) is 22.8 Å². The fourth-order valence-corrected chi connectivity index (χ4v) is 4.71. The van der Waals surface area contributed by atoms with Gasteiger partial charge in [-0.1, -0.05) is 61.0 Å². The third kappa shape index (κ3) is 6.47. The Kier molecular flexibility index (Phi) is 9.03. The monoisotopic (exact) mass is 520 g/mol. The molecule has 0 saturated heterocycles. The maximum atomic E-state index is 12.7. The summed E-state index contributed by atoms with van der Waals surface area (Å²) < 4.78 is 7.50. The van der Waals surface area contributed by atoms with E-state index in [1.165, 1.54) is 17.3 Å². The van der Waals surface area contributed by atoms with E-state index in [4.69, 9.17) is 16.3 Å². The lowest BCUT2D eigenvalue weighted by molar-refractivity contribution is -0.113. The van der Waals surface area contributed by atoms with Crippen LogP contribution in [-0.4, -0.2) is 33.0 Å². The summed E-state index contributed by atoms with van der Waals surface area (Å²) in [6, 6.07) is 23.2. The van der Waals surface area contributed by atoms with Gasteiger partial charge < -0.3 is 10.1 Å². The van der Waals surface area contributed by atoms with Gasteiger partial charge in [0.1, 0.15) is 5.75 Å². The van der Waals surface area contributed by atoms with Crippen LogP contribution in [0.1, 0.15) is 32.3 Å². The van der Waals surface area contributed by atoms with Crippen LogP contribution in [0.25, 0.3) is 17.1 Å². The summed E-state index contributed by atoms with van der Waals surface area (Å²) in [6.07, 6.45) is 3.37. The summed E-state index contributed by atoms with van der Waals surface area (Å²) in [5.74, 6) is 1.47. The molecule has 186 valence electrons. The molecule has 0 aliphatic carbocycles. The van der Waals surface area contributed by atoms with Crippen LogP contribution >= 0.6 is 23.4 Å². The first kappa shape index (κ1) is 25.8. The van der Waals surface area contributed by atoms with Crippen molar-refractivity contribution in [3.05, 3.63) is 83.4 Å². The number of hydrogen-bond donors (Lipinski definition) is 1. The Labute approximate surface area is 221 Å². The summed E-state index contributed by atoms with van der Waals surface area (Å²) in [5, 5.41) is 13.0. The highest BCUT2D eigenvalue weighted by molar-refractivity contribution is 7.99. The number of rotatable bonds is 11. The number of ether oxygens (including phenoxy) is 1. The molecule has 1 aromatic heterocycles. The van der Waals surface area contributed by atoms with Crippen molar-refractivity contribution in [2.45, 2.75) is 38.3 Å². The summed E-state index contributed by atoms with van der Waals surface area (Å²) in [4.78, 5) is 12.7. The molecular weight excluding hydrogens is 492 g/mol. The van der Waals surface area contributed by atoms with E-state index in [-0.39, 0.29) is 11.7 Å². The fraction of sp³-hybridized carbons (Fsp3) is 0.250. The highest BCUT2D eigenvalue weighted by atomic mass is 35.5. The molecule has 0 saturated carbocycles. The van der Waals surface area contributed by atoms with E-state index in [0.717, 1.165) is 42.0 Å². The quantitative estimate of drug-likeness (QED) is 0.214. The predicted molar refractivity (Wildman–Crippen MR) is 147 cm³/mol. The molecule has 0 atom stereocenters. The summed E-state index contributed by atoms with van der Waals surface area (Å²) in [6.45, 7) is 4.72. The lowest BCUT2D eigenvalue weighted by Gasteiger charge is -2.12. The van der Waals surface area contributed by atoms with Crippen LogP contribution < -0.4 is 10.1 Å². The first-order valence-corrected chi connectivity index (χ1v) is 13.4. The molecule has 4 rings (SSSR count). The number of halogens is 1. The summed E-state index contributed by atoms with van der Waals surface area (Å²) in [5.41, 5.74) is 3.68. The number of thioether (sulfide) groups is 1. The molecule has 8 heteroatoms. The number of carbonyl (C=O) groups excluding carboxylic acids is 1. The molecule has 0 aliphatic heterocycles. The molecule has 1 heterocycles.